The van der Waals surface area contributed by atoms with Crippen molar-refractivity contribution in [1.82, 2.24) is 5.32 Å². The molecule has 2 N–H and O–H groups in total. The Balaban J connectivity index is 0. The molecule has 0 aliphatic rings. The molecule has 0 unspecified atom stereocenters. The van der Waals surface area contributed by atoms with Gasteiger partial charge in [0.2, 0.25) is 0 Å². The van der Waals surface area contributed by atoms with Gasteiger partial charge in [-0.2, -0.15) is 21.6 Å². The smallest absolute Gasteiger partial charge is 0.323 e. The van der Waals surface area contributed by atoms with Crippen molar-refractivity contribution in [2.75, 3.05) is 19.8 Å². The molecule has 0 radical (unpaired) electrons. The maximum absolute atomic E-state index is 11.5. The van der Waals surface area contributed by atoms with E-state index in [0.29, 0.717) is 0 Å². The van der Waals surface area contributed by atoms with Crippen molar-refractivity contribution in [2.45, 2.75) is 31.9 Å². The number of hydrogen-bond acceptors (Lipinski definition) is 3. The average molecular weight is 265 g/mol. The molecule has 0 saturated heterocycles. The molecule has 8 heteroatoms. The Kier molecular flexibility index (Phi) is 9.89. The van der Waals surface area contributed by atoms with Crippen LogP contribution in [0.4, 0.5) is 13.2 Å². The molecule has 0 heterocycles. The highest BCUT2D eigenvalue weighted by molar-refractivity contribution is 7.85. The summed E-state index contributed by atoms with van der Waals surface area (Å²) in [7, 11) is -0.271. The zero-order chi connectivity index (χ0) is 13.2. The lowest BCUT2D eigenvalue weighted by Crippen LogP contribution is -2.07. The second-order valence-electron chi connectivity index (χ2n) is 3.21. The molecule has 0 aromatic rings. The molecule has 0 aromatic carbocycles. The van der Waals surface area contributed by atoms with Gasteiger partial charge in [0.1, 0.15) is 0 Å². The van der Waals surface area contributed by atoms with Gasteiger partial charge in [0.05, 0.1) is 5.75 Å². The topological polar surface area (TPSA) is 66.4 Å². The third kappa shape index (κ3) is 23.5. The number of halogens is 3. The standard InChI is InChI=1S/C6H11F3O3S.C2H7N/c7-6(8,9)4-2-1-3-5-13(10,11)12;1-3-2/h1-5H2,(H,10,11,12);3H,1-2H3. The molecule has 16 heavy (non-hydrogen) atoms. The van der Waals surface area contributed by atoms with Crippen LogP contribution in [0, 0.1) is 0 Å². The molecular formula is C8H18F3NO3S. The van der Waals surface area contributed by atoms with E-state index in [1.807, 2.05) is 14.1 Å². The number of nitrogens with one attached hydrogen (secondary N) is 1. The summed E-state index contributed by atoms with van der Waals surface area (Å²) >= 11 is 0. The fourth-order valence-electron chi connectivity index (χ4n) is 0.787. The molecule has 0 aromatic heterocycles. The third-order valence-corrected chi connectivity index (χ3v) is 2.17. The zero-order valence-electron chi connectivity index (χ0n) is 9.34. The van der Waals surface area contributed by atoms with Gasteiger partial charge < -0.3 is 5.32 Å². The summed E-state index contributed by atoms with van der Waals surface area (Å²) in [6.07, 6.45) is -4.97. The first-order valence-electron chi connectivity index (χ1n) is 4.73. The molecule has 0 amide bonds. The van der Waals surface area contributed by atoms with Crippen LogP contribution in [-0.4, -0.2) is 39.0 Å². The van der Waals surface area contributed by atoms with Crippen molar-refractivity contribution < 1.29 is 26.1 Å². The quantitative estimate of drug-likeness (QED) is 0.588. The van der Waals surface area contributed by atoms with Gasteiger partial charge in [0.15, 0.2) is 0 Å². The van der Waals surface area contributed by atoms with Crippen LogP contribution in [-0.2, 0) is 10.1 Å². The van der Waals surface area contributed by atoms with Crippen LogP contribution in [0.15, 0.2) is 0 Å². The second-order valence-corrected chi connectivity index (χ2v) is 4.78. The van der Waals surface area contributed by atoms with Crippen LogP contribution >= 0.6 is 0 Å². The van der Waals surface area contributed by atoms with Crippen molar-refractivity contribution in [2.24, 2.45) is 0 Å². The van der Waals surface area contributed by atoms with Gasteiger partial charge in [-0.05, 0) is 26.9 Å². The molecule has 0 atom stereocenters. The van der Waals surface area contributed by atoms with Crippen molar-refractivity contribution >= 4 is 10.1 Å². The molecule has 0 fully saturated rings. The SMILES string of the molecule is CNC.O=S(=O)(O)CCCCCC(F)(F)F. The maximum Gasteiger partial charge on any atom is 0.389 e. The first kappa shape index (κ1) is 18.0. The maximum atomic E-state index is 11.5. The lowest BCUT2D eigenvalue weighted by molar-refractivity contribution is -0.135. The van der Waals surface area contributed by atoms with Gasteiger partial charge in [-0.25, -0.2) is 0 Å². The fourth-order valence-corrected chi connectivity index (χ4v) is 1.36. The zero-order valence-corrected chi connectivity index (χ0v) is 10.2. The van der Waals surface area contributed by atoms with Gasteiger partial charge >= 0.3 is 6.18 Å². The van der Waals surface area contributed by atoms with E-state index >= 15 is 0 Å². The van der Waals surface area contributed by atoms with E-state index in [0.717, 1.165) is 0 Å². The normalized spacial score (nSPS) is 11.9. The minimum atomic E-state index is -4.18. The third-order valence-electron chi connectivity index (χ3n) is 1.36. The van der Waals surface area contributed by atoms with E-state index in [2.05, 4.69) is 5.32 Å². The first-order chi connectivity index (χ1) is 7.12. The Labute approximate surface area is 94.0 Å². The Morgan fingerprint density at radius 2 is 1.56 bits per heavy atom. The van der Waals surface area contributed by atoms with Gasteiger partial charge in [0.25, 0.3) is 10.1 Å². The molecule has 0 aliphatic carbocycles. The largest absolute Gasteiger partial charge is 0.389 e. The molecule has 0 saturated carbocycles. The van der Waals surface area contributed by atoms with Crippen molar-refractivity contribution in [3.05, 3.63) is 0 Å². The highest BCUT2D eigenvalue weighted by Gasteiger charge is 2.25. The first-order valence-corrected chi connectivity index (χ1v) is 6.33. The summed E-state index contributed by atoms with van der Waals surface area (Å²) in [5.41, 5.74) is 0. The average Bonchev–Trinajstić information content (AvgIpc) is 2.00. The molecule has 0 spiro atoms. The molecule has 0 bridgehead atoms. The van der Waals surface area contributed by atoms with Crippen molar-refractivity contribution in [3.63, 3.8) is 0 Å². The summed E-state index contributed by atoms with van der Waals surface area (Å²) in [5.74, 6) is -0.467. The predicted molar refractivity (Wildman–Crippen MR) is 55.9 cm³/mol. The second kappa shape index (κ2) is 8.77. The van der Waals surface area contributed by atoms with Gasteiger partial charge in [-0.3, -0.25) is 4.55 Å². The fraction of sp³-hybridized carbons (Fsp3) is 1.00. The summed E-state index contributed by atoms with van der Waals surface area (Å²) in [6.45, 7) is 0. The minimum Gasteiger partial charge on any atom is -0.323 e. The predicted octanol–water partition coefficient (Wildman–Crippen LogP) is 1.83. The van der Waals surface area contributed by atoms with Gasteiger partial charge in [-0.1, -0.05) is 6.42 Å². The highest BCUT2D eigenvalue weighted by atomic mass is 32.2. The highest BCUT2D eigenvalue weighted by Crippen LogP contribution is 2.22. The van der Waals surface area contributed by atoms with Crippen molar-refractivity contribution in [1.29, 1.82) is 0 Å². The van der Waals surface area contributed by atoms with Crippen LogP contribution in [0.1, 0.15) is 25.7 Å². The summed E-state index contributed by atoms with van der Waals surface area (Å²) in [5, 5.41) is 2.75. The summed E-state index contributed by atoms with van der Waals surface area (Å²) < 4.78 is 63.1. The molecule has 100 valence electrons. The molecule has 4 nitrogen and oxygen atoms in total. The van der Waals surface area contributed by atoms with Crippen molar-refractivity contribution in [3.8, 4) is 0 Å². The van der Waals surface area contributed by atoms with Crippen LogP contribution in [0.5, 0.6) is 0 Å². The summed E-state index contributed by atoms with van der Waals surface area (Å²) in [6, 6.07) is 0. The van der Waals surface area contributed by atoms with E-state index < -0.39 is 28.5 Å². The Morgan fingerprint density at radius 1 is 1.12 bits per heavy atom. The number of rotatable bonds is 5. The Hall–Kier alpha value is -0.340. The van der Waals surface area contributed by atoms with E-state index in [1.165, 1.54) is 0 Å². The summed E-state index contributed by atoms with van der Waals surface area (Å²) in [4.78, 5) is 0. The van der Waals surface area contributed by atoms with E-state index in [9.17, 15) is 21.6 Å². The van der Waals surface area contributed by atoms with Crippen LogP contribution < -0.4 is 5.32 Å². The van der Waals surface area contributed by atoms with Crippen LogP contribution in [0.3, 0.4) is 0 Å². The monoisotopic (exact) mass is 265 g/mol. The Morgan fingerprint density at radius 3 is 1.88 bits per heavy atom. The molecular weight excluding hydrogens is 247 g/mol. The Bertz CT molecular complexity index is 252. The molecule has 0 rings (SSSR count). The van der Waals surface area contributed by atoms with E-state index in [4.69, 9.17) is 4.55 Å². The van der Waals surface area contributed by atoms with E-state index in [1.54, 1.807) is 0 Å². The van der Waals surface area contributed by atoms with Crippen LogP contribution in [0.25, 0.3) is 0 Å². The molecule has 0 aliphatic heterocycles. The lowest BCUT2D eigenvalue weighted by atomic mass is 10.2. The van der Waals surface area contributed by atoms with Crippen LogP contribution in [0.2, 0.25) is 0 Å². The van der Waals surface area contributed by atoms with Gasteiger partial charge in [-0.15, -0.1) is 0 Å². The lowest BCUT2D eigenvalue weighted by Gasteiger charge is -2.04. The number of unbranched alkanes of at least 4 members (excludes halogenated alkanes) is 2. The van der Waals surface area contributed by atoms with Gasteiger partial charge in [0, 0.05) is 6.42 Å². The number of hydrogen-bond donors (Lipinski definition) is 2. The van der Waals surface area contributed by atoms with E-state index in [-0.39, 0.29) is 19.3 Å². The minimum absolute atomic E-state index is 0.0644. The number of alkyl halides is 3.